The van der Waals surface area contributed by atoms with Crippen molar-refractivity contribution in [2.24, 2.45) is 0 Å². The summed E-state index contributed by atoms with van der Waals surface area (Å²) in [4.78, 5) is 3.23. The van der Waals surface area contributed by atoms with E-state index in [4.69, 9.17) is 0 Å². The van der Waals surface area contributed by atoms with Gasteiger partial charge in [-0.25, -0.2) is 0 Å². The molecule has 0 radical (unpaired) electrons. The second-order valence-corrected chi connectivity index (χ2v) is 6.80. The van der Waals surface area contributed by atoms with Crippen molar-refractivity contribution in [1.82, 2.24) is 4.98 Å². The number of rotatable bonds is 0. The maximum atomic E-state index is 3.23. The van der Waals surface area contributed by atoms with Gasteiger partial charge in [0.15, 0.2) is 0 Å². The molecule has 1 aromatic heterocycles. The van der Waals surface area contributed by atoms with Crippen LogP contribution in [0.5, 0.6) is 0 Å². The highest BCUT2D eigenvalue weighted by Crippen LogP contribution is 2.34. The Bertz CT molecular complexity index is 1440. The number of hydrogen-bond donors (Lipinski definition) is 1. The van der Waals surface area contributed by atoms with Crippen LogP contribution in [0.25, 0.3) is 53.9 Å². The zero-order valence-electron chi connectivity index (χ0n) is 13.6. The highest BCUT2D eigenvalue weighted by Gasteiger charge is 2.07. The van der Waals surface area contributed by atoms with E-state index in [1.165, 1.54) is 53.9 Å². The van der Waals surface area contributed by atoms with E-state index in [1.54, 1.807) is 0 Å². The third kappa shape index (κ3) is 1.78. The molecule has 0 amide bonds. The largest absolute Gasteiger partial charge is 0.366 e. The molecule has 25 heavy (non-hydrogen) atoms. The van der Waals surface area contributed by atoms with Crippen LogP contribution in [0.3, 0.4) is 0 Å². The number of H-pyrrole nitrogens is 1. The summed E-state index contributed by atoms with van der Waals surface area (Å²) in [5, 5.41) is 13.0. The molecule has 0 spiro atoms. The minimum Gasteiger partial charge on any atom is -0.366 e. The highest BCUT2D eigenvalue weighted by molar-refractivity contribution is 6.19. The minimum atomic E-state index is 1.26. The van der Waals surface area contributed by atoms with Gasteiger partial charge >= 0.3 is 0 Å². The lowest BCUT2D eigenvalue weighted by atomic mass is 9.95. The first-order valence-corrected chi connectivity index (χ1v) is 8.61. The van der Waals surface area contributed by atoms with E-state index in [2.05, 4.69) is 90.2 Å². The van der Waals surface area contributed by atoms with Crippen molar-refractivity contribution in [2.75, 3.05) is 0 Å². The van der Waals surface area contributed by atoms with Crippen LogP contribution in [0.15, 0.2) is 85.2 Å². The van der Waals surface area contributed by atoms with Crippen LogP contribution in [-0.2, 0) is 0 Å². The molecule has 0 saturated carbocycles. The molecule has 1 N–H and O–H groups in total. The zero-order chi connectivity index (χ0) is 16.4. The van der Waals surface area contributed by atoms with Crippen LogP contribution in [-0.4, -0.2) is 4.98 Å². The van der Waals surface area contributed by atoms with Crippen molar-refractivity contribution in [1.29, 1.82) is 0 Å². The molecular formula is C24H15N. The third-order valence-corrected chi connectivity index (χ3v) is 5.38. The summed E-state index contributed by atoms with van der Waals surface area (Å²) < 4.78 is 0. The Morgan fingerprint density at radius 1 is 0.400 bits per heavy atom. The average Bonchev–Trinajstić information content (AvgIpc) is 3.13. The molecule has 0 atom stereocenters. The summed E-state index contributed by atoms with van der Waals surface area (Å²) in [7, 11) is 0. The van der Waals surface area contributed by atoms with Gasteiger partial charge < -0.3 is 4.98 Å². The fraction of sp³-hybridized carbons (Fsp3) is 0. The monoisotopic (exact) mass is 317 g/mol. The average molecular weight is 317 g/mol. The molecule has 0 aliphatic carbocycles. The highest BCUT2D eigenvalue weighted by atomic mass is 14.6. The summed E-state index contributed by atoms with van der Waals surface area (Å²) in [5.74, 6) is 0. The minimum absolute atomic E-state index is 1.26. The molecule has 1 heteroatoms. The zero-order valence-corrected chi connectivity index (χ0v) is 13.6. The topological polar surface area (TPSA) is 15.8 Å². The van der Waals surface area contributed by atoms with Crippen LogP contribution in [0, 0.1) is 0 Å². The molecule has 0 aliphatic heterocycles. The molecule has 0 unspecified atom stereocenters. The molecule has 1 nitrogen and oxygen atoms in total. The lowest BCUT2D eigenvalue weighted by molar-refractivity contribution is 1.43. The Morgan fingerprint density at radius 2 is 1.04 bits per heavy atom. The Morgan fingerprint density at radius 3 is 1.84 bits per heavy atom. The van der Waals surface area contributed by atoms with E-state index in [-0.39, 0.29) is 0 Å². The van der Waals surface area contributed by atoms with Crippen LogP contribution in [0.2, 0.25) is 0 Å². The number of aromatic amines is 1. The molecule has 1 heterocycles. The number of nitrogens with one attached hydrogen (secondary N) is 1. The second kappa shape index (κ2) is 4.61. The molecule has 0 bridgehead atoms. The van der Waals surface area contributed by atoms with Crippen LogP contribution in [0.1, 0.15) is 0 Å². The van der Waals surface area contributed by atoms with Gasteiger partial charge in [-0.05, 0) is 72.7 Å². The standard InChI is InChI=1S/C24H15N/c1-2-4-16-10-20-12-23-17(11-19(20)9-15(16)3-1)5-7-22-21(23)8-6-18-13-25-14-24(18)22/h1-14,25H. The quantitative estimate of drug-likeness (QED) is 0.235. The van der Waals surface area contributed by atoms with Gasteiger partial charge in [0.05, 0.1) is 0 Å². The normalized spacial score (nSPS) is 12.0. The molecular weight excluding hydrogens is 302 g/mol. The van der Waals surface area contributed by atoms with Gasteiger partial charge in [0, 0.05) is 17.8 Å². The Labute approximate surface area is 144 Å². The Kier molecular flexibility index (Phi) is 2.40. The van der Waals surface area contributed by atoms with Crippen LogP contribution < -0.4 is 0 Å². The Hall–Kier alpha value is -3.32. The summed E-state index contributed by atoms with van der Waals surface area (Å²) in [6.45, 7) is 0. The van der Waals surface area contributed by atoms with Crippen molar-refractivity contribution in [3.63, 3.8) is 0 Å². The van der Waals surface area contributed by atoms with E-state index in [0.717, 1.165) is 0 Å². The lowest BCUT2D eigenvalue weighted by Gasteiger charge is -2.09. The molecule has 6 rings (SSSR count). The summed E-state index contributed by atoms with van der Waals surface area (Å²) in [5.41, 5.74) is 0. The van der Waals surface area contributed by atoms with Crippen molar-refractivity contribution < 1.29 is 0 Å². The van der Waals surface area contributed by atoms with E-state index in [9.17, 15) is 0 Å². The summed E-state index contributed by atoms with van der Waals surface area (Å²) in [6.07, 6.45) is 4.16. The van der Waals surface area contributed by atoms with Gasteiger partial charge in [0.25, 0.3) is 0 Å². The van der Waals surface area contributed by atoms with E-state index in [0.29, 0.717) is 0 Å². The maximum Gasteiger partial charge on any atom is 0.00906 e. The molecule has 0 saturated heterocycles. The van der Waals surface area contributed by atoms with E-state index in [1.807, 2.05) is 0 Å². The van der Waals surface area contributed by atoms with Gasteiger partial charge in [0.2, 0.25) is 0 Å². The third-order valence-electron chi connectivity index (χ3n) is 5.38. The molecule has 0 fully saturated rings. The SMILES string of the molecule is c1ccc2cc3cc4c(ccc5c6c[nH]cc6ccc45)cc3cc2c1. The number of fused-ring (bicyclic) bond motifs is 7. The van der Waals surface area contributed by atoms with Gasteiger partial charge in [-0.1, -0.05) is 48.5 Å². The van der Waals surface area contributed by atoms with E-state index < -0.39 is 0 Å². The number of aromatic nitrogens is 1. The van der Waals surface area contributed by atoms with Gasteiger partial charge in [-0.3, -0.25) is 0 Å². The Balaban J connectivity index is 1.80. The van der Waals surface area contributed by atoms with Crippen molar-refractivity contribution in [3.8, 4) is 0 Å². The summed E-state index contributed by atoms with van der Waals surface area (Å²) >= 11 is 0. The fourth-order valence-electron chi connectivity index (χ4n) is 4.12. The van der Waals surface area contributed by atoms with Crippen LogP contribution >= 0.6 is 0 Å². The van der Waals surface area contributed by atoms with E-state index >= 15 is 0 Å². The predicted octanol–water partition coefficient (Wildman–Crippen LogP) is 6.78. The van der Waals surface area contributed by atoms with Crippen molar-refractivity contribution in [2.45, 2.75) is 0 Å². The maximum absolute atomic E-state index is 3.23. The smallest absolute Gasteiger partial charge is 0.00906 e. The second-order valence-electron chi connectivity index (χ2n) is 6.80. The number of hydrogen-bond acceptors (Lipinski definition) is 0. The van der Waals surface area contributed by atoms with Gasteiger partial charge in [-0.15, -0.1) is 0 Å². The predicted molar refractivity (Wildman–Crippen MR) is 108 cm³/mol. The number of benzene rings is 5. The van der Waals surface area contributed by atoms with Gasteiger partial charge in [-0.2, -0.15) is 0 Å². The molecule has 5 aromatic carbocycles. The molecule has 116 valence electrons. The molecule has 6 aromatic rings. The first kappa shape index (κ1) is 13.0. The van der Waals surface area contributed by atoms with Gasteiger partial charge in [0.1, 0.15) is 0 Å². The van der Waals surface area contributed by atoms with Crippen LogP contribution in [0.4, 0.5) is 0 Å². The first-order valence-electron chi connectivity index (χ1n) is 8.61. The van der Waals surface area contributed by atoms with Crippen molar-refractivity contribution in [3.05, 3.63) is 85.2 Å². The lowest BCUT2D eigenvalue weighted by Crippen LogP contribution is -1.81. The van der Waals surface area contributed by atoms with Crippen molar-refractivity contribution >= 4 is 53.9 Å². The first-order chi connectivity index (χ1) is 12.4. The molecule has 0 aliphatic rings. The summed E-state index contributed by atoms with van der Waals surface area (Å²) in [6, 6.07) is 26.8. The fourth-order valence-corrected chi connectivity index (χ4v) is 4.12.